The Balaban J connectivity index is 2.86. The Morgan fingerprint density at radius 3 is 2.57 bits per heavy atom. The second-order valence-corrected chi connectivity index (χ2v) is 4.95. The summed E-state index contributed by atoms with van der Waals surface area (Å²) in [5, 5.41) is 7.51. The highest BCUT2D eigenvalue weighted by molar-refractivity contribution is 5.82. The lowest BCUT2D eigenvalue weighted by atomic mass is 10.1. The molecule has 0 fully saturated rings. The third-order valence-electron chi connectivity index (χ3n) is 3.65. The average Bonchev–Trinajstić information content (AvgIpc) is 2.72. The summed E-state index contributed by atoms with van der Waals surface area (Å²) in [6.45, 7) is 9.57. The third-order valence-corrected chi connectivity index (χ3v) is 3.65. The van der Waals surface area contributed by atoms with E-state index in [4.69, 9.17) is 10.5 Å². The van der Waals surface area contributed by atoms with E-state index in [0.29, 0.717) is 18.0 Å². The Kier molecular flexibility index (Phi) is 6.64. The van der Waals surface area contributed by atoms with Gasteiger partial charge >= 0.3 is 0 Å². The van der Waals surface area contributed by atoms with Crippen LogP contribution in [0, 0.1) is 6.92 Å². The summed E-state index contributed by atoms with van der Waals surface area (Å²) in [4.78, 5) is 14.1. The van der Waals surface area contributed by atoms with E-state index in [0.717, 1.165) is 25.3 Å². The summed E-state index contributed by atoms with van der Waals surface area (Å²) in [6.07, 6.45) is 0. The zero-order valence-corrected chi connectivity index (χ0v) is 13.6. The molecule has 0 radical (unpaired) electrons. The predicted molar refractivity (Wildman–Crippen MR) is 82.2 cm³/mol. The first kappa shape index (κ1) is 17.5. The summed E-state index contributed by atoms with van der Waals surface area (Å²) < 4.78 is 6.96. The van der Waals surface area contributed by atoms with Crippen molar-refractivity contribution in [1.82, 2.24) is 20.0 Å². The molecule has 0 saturated carbocycles. The molecule has 0 saturated heterocycles. The molecule has 7 heteroatoms. The lowest BCUT2D eigenvalue weighted by molar-refractivity contribution is -0.120. The first-order valence-corrected chi connectivity index (χ1v) is 7.28. The van der Waals surface area contributed by atoms with E-state index < -0.39 is 11.9 Å². The number of carbonyl (C=O) groups is 1. The van der Waals surface area contributed by atoms with E-state index in [9.17, 15) is 4.79 Å². The van der Waals surface area contributed by atoms with Crippen molar-refractivity contribution >= 4 is 5.91 Å². The fraction of sp³-hybridized carbons (Fsp3) is 0.714. The normalized spacial score (nSPS) is 12.7. The van der Waals surface area contributed by atoms with Crippen molar-refractivity contribution in [2.75, 3.05) is 33.3 Å². The number of carbonyl (C=O) groups excluding carboxylic acids is 1. The van der Waals surface area contributed by atoms with Crippen LogP contribution in [0.15, 0.2) is 0 Å². The van der Waals surface area contributed by atoms with Gasteiger partial charge in [-0.15, -0.1) is 0 Å². The average molecular weight is 297 g/mol. The van der Waals surface area contributed by atoms with Gasteiger partial charge in [-0.05, 0) is 20.0 Å². The molecule has 21 heavy (non-hydrogen) atoms. The quantitative estimate of drug-likeness (QED) is 0.680. The van der Waals surface area contributed by atoms with Crippen LogP contribution >= 0.6 is 0 Å². The van der Waals surface area contributed by atoms with Crippen LogP contribution in [0.3, 0.4) is 0 Å². The van der Waals surface area contributed by atoms with Gasteiger partial charge in [0.25, 0.3) is 0 Å². The van der Waals surface area contributed by atoms with Crippen molar-refractivity contribution in [3.05, 3.63) is 11.3 Å². The maximum Gasteiger partial charge on any atom is 0.239 e. The van der Waals surface area contributed by atoms with Crippen molar-refractivity contribution in [2.24, 2.45) is 12.8 Å². The third kappa shape index (κ3) is 4.18. The molecule has 1 heterocycles. The lowest BCUT2D eigenvalue weighted by Gasteiger charge is -2.21. The van der Waals surface area contributed by atoms with Crippen LogP contribution in [0.2, 0.25) is 0 Å². The van der Waals surface area contributed by atoms with Crippen LogP contribution in [0.1, 0.15) is 31.1 Å². The van der Waals surface area contributed by atoms with Crippen molar-refractivity contribution in [2.45, 2.75) is 26.8 Å². The predicted octanol–water partition coefficient (Wildman–Crippen LogP) is 0.195. The number of likely N-dealkylation sites (N-methyl/N-ethyl adjacent to an activating group) is 1. The van der Waals surface area contributed by atoms with E-state index in [-0.39, 0.29) is 0 Å². The SMILES string of the molecule is CCN(CC)CCNC(C(N)=O)c1c(C)nn(C)c1OC. The Bertz CT molecular complexity index is 468. The van der Waals surface area contributed by atoms with Gasteiger partial charge in [0, 0.05) is 20.1 Å². The second-order valence-electron chi connectivity index (χ2n) is 4.95. The molecule has 1 aromatic heterocycles. The number of methoxy groups -OCH3 is 1. The molecule has 1 unspecified atom stereocenters. The van der Waals surface area contributed by atoms with E-state index in [1.54, 1.807) is 18.8 Å². The summed E-state index contributed by atoms with van der Waals surface area (Å²) in [5.41, 5.74) is 7.00. The zero-order chi connectivity index (χ0) is 16.0. The minimum atomic E-state index is -0.593. The van der Waals surface area contributed by atoms with E-state index >= 15 is 0 Å². The van der Waals surface area contributed by atoms with Gasteiger partial charge in [0.05, 0.1) is 18.4 Å². The summed E-state index contributed by atoms with van der Waals surface area (Å²) in [6, 6.07) is -0.593. The Labute approximate surface area is 126 Å². The van der Waals surface area contributed by atoms with Gasteiger partial charge in [0.15, 0.2) is 0 Å². The number of primary amides is 1. The van der Waals surface area contributed by atoms with Crippen LogP contribution in [-0.2, 0) is 11.8 Å². The van der Waals surface area contributed by atoms with Crippen molar-refractivity contribution in [3.63, 3.8) is 0 Å². The molecule has 0 aliphatic heterocycles. The van der Waals surface area contributed by atoms with Gasteiger partial charge in [-0.2, -0.15) is 5.10 Å². The molecule has 0 aromatic carbocycles. The molecule has 0 aliphatic rings. The van der Waals surface area contributed by atoms with Crippen LogP contribution in [0.25, 0.3) is 0 Å². The highest BCUT2D eigenvalue weighted by Crippen LogP contribution is 2.27. The first-order valence-electron chi connectivity index (χ1n) is 7.28. The van der Waals surface area contributed by atoms with Gasteiger partial charge < -0.3 is 20.7 Å². The zero-order valence-electron chi connectivity index (χ0n) is 13.6. The number of nitrogens with two attached hydrogens (primary N) is 1. The minimum absolute atomic E-state index is 0.427. The van der Waals surface area contributed by atoms with E-state index in [1.807, 2.05) is 6.92 Å². The van der Waals surface area contributed by atoms with Crippen molar-refractivity contribution in [1.29, 1.82) is 0 Å². The summed E-state index contributed by atoms with van der Waals surface area (Å²) in [7, 11) is 3.34. The molecular formula is C14H27N5O2. The van der Waals surface area contributed by atoms with E-state index in [2.05, 4.69) is 29.2 Å². The number of amides is 1. The Morgan fingerprint density at radius 2 is 2.10 bits per heavy atom. The van der Waals surface area contributed by atoms with Crippen LogP contribution in [-0.4, -0.2) is 53.9 Å². The van der Waals surface area contributed by atoms with Gasteiger partial charge in [-0.25, -0.2) is 4.68 Å². The fourth-order valence-corrected chi connectivity index (χ4v) is 2.48. The lowest BCUT2D eigenvalue weighted by Crippen LogP contribution is -2.39. The molecule has 1 rings (SSSR count). The number of ether oxygens (including phenoxy) is 1. The van der Waals surface area contributed by atoms with Crippen LogP contribution in [0.4, 0.5) is 0 Å². The number of nitrogens with zero attached hydrogens (tertiary/aromatic N) is 3. The number of hydrogen-bond acceptors (Lipinski definition) is 5. The molecule has 3 N–H and O–H groups in total. The minimum Gasteiger partial charge on any atom is -0.481 e. The van der Waals surface area contributed by atoms with E-state index in [1.165, 1.54) is 0 Å². The van der Waals surface area contributed by atoms with Crippen molar-refractivity contribution < 1.29 is 9.53 Å². The number of hydrogen-bond donors (Lipinski definition) is 2. The summed E-state index contributed by atoms with van der Waals surface area (Å²) in [5.74, 6) is 0.135. The summed E-state index contributed by atoms with van der Waals surface area (Å²) >= 11 is 0. The molecule has 1 aromatic rings. The smallest absolute Gasteiger partial charge is 0.239 e. The Hall–Kier alpha value is -1.60. The molecule has 1 atom stereocenters. The van der Waals surface area contributed by atoms with Crippen LogP contribution < -0.4 is 15.8 Å². The topological polar surface area (TPSA) is 85.4 Å². The first-order chi connectivity index (χ1) is 9.96. The highest BCUT2D eigenvalue weighted by atomic mass is 16.5. The van der Waals surface area contributed by atoms with Gasteiger partial charge in [0.2, 0.25) is 11.8 Å². The Morgan fingerprint density at radius 1 is 1.48 bits per heavy atom. The number of nitrogens with one attached hydrogen (secondary N) is 1. The standard InChI is InChI=1S/C14H27N5O2/c1-6-19(7-2)9-8-16-12(13(15)20)11-10(3)17-18(4)14(11)21-5/h12,16H,6-9H2,1-5H3,(H2,15,20). The fourth-order valence-electron chi connectivity index (χ4n) is 2.48. The van der Waals surface area contributed by atoms with Gasteiger partial charge in [-0.1, -0.05) is 13.8 Å². The second kappa shape index (κ2) is 7.99. The van der Waals surface area contributed by atoms with Crippen LogP contribution in [0.5, 0.6) is 5.88 Å². The molecule has 1 amide bonds. The highest BCUT2D eigenvalue weighted by Gasteiger charge is 2.27. The molecule has 7 nitrogen and oxygen atoms in total. The maximum absolute atomic E-state index is 11.8. The largest absolute Gasteiger partial charge is 0.481 e. The molecule has 0 spiro atoms. The van der Waals surface area contributed by atoms with Crippen molar-refractivity contribution in [3.8, 4) is 5.88 Å². The molecule has 120 valence electrons. The molecular weight excluding hydrogens is 270 g/mol. The molecule has 0 bridgehead atoms. The maximum atomic E-state index is 11.8. The number of aromatic nitrogens is 2. The van der Waals surface area contributed by atoms with Gasteiger partial charge in [0.1, 0.15) is 6.04 Å². The number of aryl methyl sites for hydroxylation is 2. The molecule has 0 aliphatic carbocycles. The monoisotopic (exact) mass is 297 g/mol. The van der Waals surface area contributed by atoms with Gasteiger partial charge in [-0.3, -0.25) is 4.79 Å². The number of rotatable bonds is 9.